The topological polar surface area (TPSA) is 44.8 Å². The third kappa shape index (κ3) is 3.96. The molecule has 6 heteroatoms. The molecular weight excluding hydrogens is 326 g/mol. The molecule has 0 radical (unpaired) electrons. The molecule has 1 aromatic carbocycles. The van der Waals surface area contributed by atoms with Crippen molar-refractivity contribution in [3.63, 3.8) is 0 Å². The van der Waals surface area contributed by atoms with Crippen molar-refractivity contribution in [1.29, 1.82) is 0 Å². The molecule has 1 unspecified atom stereocenters. The lowest BCUT2D eigenvalue weighted by atomic mass is 9.66. The summed E-state index contributed by atoms with van der Waals surface area (Å²) in [7, 11) is -0.556. The van der Waals surface area contributed by atoms with Crippen molar-refractivity contribution in [1.82, 2.24) is 0 Å². The first-order chi connectivity index (χ1) is 11.1. The molecule has 132 valence electrons. The van der Waals surface area contributed by atoms with Gasteiger partial charge in [0.1, 0.15) is 0 Å². The number of hydrogen-bond acceptors (Lipinski definition) is 4. The van der Waals surface area contributed by atoms with Crippen LogP contribution in [-0.2, 0) is 18.8 Å². The number of halogens is 1. The van der Waals surface area contributed by atoms with Gasteiger partial charge in [0, 0.05) is 10.8 Å². The molecule has 0 bridgehead atoms. The monoisotopic (exact) mass is 352 g/mol. The second kappa shape index (κ2) is 7.07. The van der Waals surface area contributed by atoms with Gasteiger partial charge < -0.3 is 14.0 Å². The van der Waals surface area contributed by atoms with E-state index in [2.05, 4.69) is 0 Å². The summed E-state index contributed by atoms with van der Waals surface area (Å²) < 4.78 is 17.4. The number of esters is 1. The molecule has 1 fully saturated rings. The summed E-state index contributed by atoms with van der Waals surface area (Å²) in [5, 5.41) is 0.610. The van der Waals surface area contributed by atoms with Crippen LogP contribution in [0.1, 0.15) is 58.0 Å². The molecule has 0 aromatic heterocycles. The lowest BCUT2D eigenvalue weighted by Gasteiger charge is -2.32. The van der Waals surface area contributed by atoms with Crippen molar-refractivity contribution >= 4 is 24.7 Å². The molecule has 0 aliphatic carbocycles. The van der Waals surface area contributed by atoms with Gasteiger partial charge in [-0.25, -0.2) is 0 Å². The third-order valence-electron chi connectivity index (χ3n) is 4.85. The Morgan fingerprint density at radius 3 is 2.33 bits per heavy atom. The van der Waals surface area contributed by atoms with Crippen molar-refractivity contribution in [2.45, 2.75) is 65.0 Å². The van der Waals surface area contributed by atoms with E-state index in [1.807, 2.05) is 52.8 Å². The minimum absolute atomic E-state index is 0.160. The molecule has 1 aliphatic rings. The zero-order valence-electron chi connectivity index (χ0n) is 15.3. The Morgan fingerprint density at radius 1 is 1.25 bits per heavy atom. The predicted molar refractivity (Wildman–Crippen MR) is 96.3 cm³/mol. The Morgan fingerprint density at radius 2 is 1.83 bits per heavy atom. The predicted octanol–water partition coefficient (Wildman–Crippen LogP) is 4.32. The maximum absolute atomic E-state index is 12.1. The zero-order valence-corrected chi connectivity index (χ0v) is 16.1. The van der Waals surface area contributed by atoms with Crippen molar-refractivity contribution in [2.75, 3.05) is 6.61 Å². The summed E-state index contributed by atoms with van der Waals surface area (Å²) in [5.74, 6) is -0.605. The van der Waals surface area contributed by atoms with Crippen molar-refractivity contribution in [3.8, 4) is 0 Å². The number of benzene rings is 1. The highest BCUT2D eigenvalue weighted by molar-refractivity contribution is 6.48. The van der Waals surface area contributed by atoms with Crippen LogP contribution in [0.15, 0.2) is 18.2 Å². The second-order valence-electron chi connectivity index (χ2n) is 7.27. The summed E-state index contributed by atoms with van der Waals surface area (Å²) >= 11 is 6.44. The summed E-state index contributed by atoms with van der Waals surface area (Å²) in [6.07, 6.45) is 0.160. The van der Waals surface area contributed by atoms with Gasteiger partial charge in [-0.3, -0.25) is 4.79 Å². The van der Waals surface area contributed by atoms with Crippen LogP contribution in [0.5, 0.6) is 0 Å². The van der Waals surface area contributed by atoms with E-state index in [4.69, 9.17) is 25.6 Å². The van der Waals surface area contributed by atoms with E-state index < -0.39 is 18.3 Å². The Labute approximate surface area is 150 Å². The van der Waals surface area contributed by atoms with Crippen LogP contribution in [0.2, 0.25) is 5.02 Å². The van der Waals surface area contributed by atoms with Gasteiger partial charge in [0.05, 0.1) is 24.2 Å². The van der Waals surface area contributed by atoms with Crippen LogP contribution in [0.3, 0.4) is 0 Å². The SMILES string of the molecule is CCOC(=O)CC(B1OC(C)(C)C(C)(C)O1)c1ccc(C)cc1Cl. The lowest BCUT2D eigenvalue weighted by Crippen LogP contribution is -2.41. The normalized spacial score (nSPS) is 20.0. The molecule has 1 aliphatic heterocycles. The van der Waals surface area contributed by atoms with E-state index in [1.165, 1.54) is 0 Å². The fourth-order valence-corrected chi connectivity index (χ4v) is 3.11. The first-order valence-electron chi connectivity index (χ1n) is 8.34. The van der Waals surface area contributed by atoms with Crippen LogP contribution in [-0.4, -0.2) is 30.9 Å². The Bertz CT molecular complexity index is 599. The Kier molecular flexibility index (Phi) is 5.68. The number of ether oxygens (including phenoxy) is 1. The Balaban J connectivity index is 2.35. The first kappa shape index (κ1) is 19.3. The van der Waals surface area contributed by atoms with Crippen molar-refractivity contribution < 1.29 is 18.8 Å². The van der Waals surface area contributed by atoms with Gasteiger partial charge in [0.15, 0.2) is 0 Å². The van der Waals surface area contributed by atoms with Crippen molar-refractivity contribution in [2.24, 2.45) is 0 Å². The molecule has 0 N–H and O–H groups in total. The van der Waals surface area contributed by atoms with Crippen LogP contribution < -0.4 is 0 Å². The molecule has 1 atom stereocenters. The minimum Gasteiger partial charge on any atom is -0.466 e. The first-order valence-corrected chi connectivity index (χ1v) is 8.72. The average Bonchev–Trinajstić information content (AvgIpc) is 2.65. The van der Waals surface area contributed by atoms with E-state index in [0.717, 1.165) is 11.1 Å². The number of carbonyl (C=O) groups excluding carboxylic acids is 1. The fourth-order valence-electron chi connectivity index (χ4n) is 2.74. The molecule has 0 saturated carbocycles. The molecule has 0 amide bonds. The van der Waals surface area contributed by atoms with Crippen LogP contribution in [0.4, 0.5) is 0 Å². The maximum Gasteiger partial charge on any atom is 0.466 e. The summed E-state index contributed by atoms with van der Waals surface area (Å²) in [6.45, 7) is 12.1. The number of carbonyl (C=O) groups is 1. The van der Waals surface area contributed by atoms with E-state index in [9.17, 15) is 4.79 Å². The van der Waals surface area contributed by atoms with Gasteiger partial charge in [0.25, 0.3) is 0 Å². The number of rotatable bonds is 5. The fraction of sp³-hybridized carbons (Fsp3) is 0.611. The smallest absolute Gasteiger partial charge is 0.466 e. The van der Waals surface area contributed by atoms with Gasteiger partial charge in [0.2, 0.25) is 0 Å². The number of aryl methyl sites for hydroxylation is 1. The summed E-state index contributed by atoms with van der Waals surface area (Å²) in [6, 6.07) is 5.80. The largest absolute Gasteiger partial charge is 0.466 e. The quantitative estimate of drug-likeness (QED) is 0.585. The van der Waals surface area contributed by atoms with E-state index in [0.29, 0.717) is 11.6 Å². The molecule has 1 saturated heterocycles. The molecule has 2 rings (SSSR count). The maximum atomic E-state index is 12.1. The van der Waals surface area contributed by atoms with Crippen LogP contribution in [0, 0.1) is 6.92 Å². The van der Waals surface area contributed by atoms with Gasteiger partial charge in [-0.15, -0.1) is 0 Å². The molecule has 0 spiro atoms. The Hall–Kier alpha value is -1.04. The highest BCUT2D eigenvalue weighted by Gasteiger charge is 2.54. The minimum atomic E-state index is -0.556. The van der Waals surface area contributed by atoms with Crippen LogP contribution in [0.25, 0.3) is 0 Å². The van der Waals surface area contributed by atoms with Gasteiger partial charge in [-0.05, 0) is 58.7 Å². The van der Waals surface area contributed by atoms with E-state index in [-0.39, 0.29) is 18.2 Å². The molecule has 24 heavy (non-hydrogen) atoms. The molecule has 1 aromatic rings. The van der Waals surface area contributed by atoms with Gasteiger partial charge in [-0.1, -0.05) is 23.7 Å². The van der Waals surface area contributed by atoms with Gasteiger partial charge >= 0.3 is 13.1 Å². The standard InChI is InChI=1S/C18H26BClO4/c1-7-22-16(21)11-14(13-9-8-12(2)10-15(13)20)19-23-17(3,4)18(5,6)24-19/h8-10,14H,7,11H2,1-6H3. The highest BCUT2D eigenvalue weighted by Crippen LogP contribution is 2.43. The molecular formula is C18H26BClO4. The van der Waals surface area contributed by atoms with Crippen molar-refractivity contribution in [3.05, 3.63) is 34.3 Å². The molecule has 4 nitrogen and oxygen atoms in total. The summed E-state index contributed by atoms with van der Waals surface area (Å²) in [5.41, 5.74) is 0.963. The van der Waals surface area contributed by atoms with Gasteiger partial charge in [-0.2, -0.15) is 0 Å². The van der Waals surface area contributed by atoms with E-state index in [1.54, 1.807) is 6.92 Å². The second-order valence-corrected chi connectivity index (χ2v) is 7.67. The van der Waals surface area contributed by atoms with Crippen LogP contribution >= 0.6 is 11.6 Å². The zero-order chi connectivity index (χ0) is 18.1. The average molecular weight is 353 g/mol. The summed E-state index contributed by atoms with van der Waals surface area (Å²) in [4.78, 5) is 12.1. The molecule has 1 heterocycles. The number of hydrogen-bond donors (Lipinski definition) is 0. The lowest BCUT2D eigenvalue weighted by molar-refractivity contribution is -0.143. The highest BCUT2D eigenvalue weighted by atomic mass is 35.5. The van der Waals surface area contributed by atoms with E-state index >= 15 is 0 Å². The third-order valence-corrected chi connectivity index (χ3v) is 5.17.